The number of amides is 1. The fourth-order valence-electron chi connectivity index (χ4n) is 1.63. The van der Waals surface area contributed by atoms with Crippen LogP contribution in [0, 0.1) is 0 Å². The van der Waals surface area contributed by atoms with Crippen LogP contribution in [0.2, 0.25) is 0 Å². The Hall–Kier alpha value is -2.76. The zero-order valence-corrected chi connectivity index (χ0v) is 19.4. The van der Waals surface area contributed by atoms with E-state index < -0.39 is 34.8 Å². The molecule has 0 saturated heterocycles. The average molecular weight is 445 g/mol. The molecule has 0 atom stereocenters. The molecule has 1 rings (SSSR count). The van der Waals surface area contributed by atoms with Gasteiger partial charge in [0, 0.05) is 11.5 Å². The number of nitrogens with zero attached hydrogens (tertiary/aromatic N) is 3. The molecule has 0 fully saturated rings. The second kappa shape index (κ2) is 9.37. The molecule has 0 spiro atoms. The van der Waals surface area contributed by atoms with Gasteiger partial charge in [0.1, 0.15) is 11.2 Å². The lowest BCUT2D eigenvalue weighted by Crippen LogP contribution is -2.40. The first-order chi connectivity index (χ1) is 13.5. The maximum Gasteiger partial charge on any atom is 0.414 e. The summed E-state index contributed by atoms with van der Waals surface area (Å²) < 4.78 is 19.1. The Morgan fingerprint density at radius 1 is 0.967 bits per heavy atom. The molecule has 0 aliphatic heterocycles. The summed E-state index contributed by atoms with van der Waals surface area (Å²) >= 11 is 0.799. The van der Waals surface area contributed by atoms with Crippen LogP contribution in [0.5, 0.6) is 0 Å². The minimum absolute atomic E-state index is 0.0715. The van der Waals surface area contributed by atoms with E-state index in [1.54, 1.807) is 41.5 Å². The van der Waals surface area contributed by atoms with Crippen molar-refractivity contribution in [2.75, 3.05) is 12.4 Å². The van der Waals surface area contributed by atoms with Crippen molar-refractivity contribution in [1.29, 1.82) is 0 Å². The lowest BCUT2D eigenvalue weighted by atomic mass is 10.1. The molecular formula is C18H28N4O7S. The van der Waals surface area contributed by atoms with Gasteiger partial charge in [-0.2, -0.15) is 9.36 Å². The number of oxime groups is 1. The van der Waals surface area contributed by atoms with E-state index in [1.807, 2.05) is 0 Å². The van der Waals surface area contributed by atoms with Gasteiger partial charge in [0.2, 0.25) is 22.3 Å². The quantitative estimate of drug-likeness (QED) is 0.304. The Morgan fingerprint density at radius 2 is 1.53 bits per heavy atom. The van der Waals surface area contributed by atoms with E-state index in [2.05, 4.69) is 24.6 Å². The van der Waals surface area contributed by atoms with Crippen LogP contribution in [0.25, 0.3) is 0 Å². The molecule has 0 aliphatic carbocycles. The van der Waals surface area contributed by atoms with Gasteiger partial charge in [0.05, 0.1) is 7.11 Å². The molecule has 1 N–H and O–H groups in total. The van der Waals surface area contributed by atoms with E-state index in [-0.39, 0.29) is 16.7 Å². The predicted molar refractivity (Wildman–Crippen MR) is 109 cm³/mol. The van der Waals surface area contributed by atoms with Crippen molar-refractivity contribution < 1.29 is 33.4 Å². The van der Waals surface area contributed by atoms with Gasteiger partial charge in [-0.15, -0.1) is 0 Å². The van der Waals surface area contributed by atoms with Crippen LogP contribution in [0.15, 0.2) is 5.16 Å². The van der Waals surface area contributed by atoms with Crippen LogP contribution in [0.1, 0.15) is 61.2 Å². The fourth-order valence-corrected chi connectivity index (χ4v) is 2.18. The maximum atomic E-state index is 12.3. The fraction of sp³-hybridized carbons (Fsp3) is 0.667. The molecule has 11 nitrogen and oxygen atoms in total. The second-order valence-electron chi connectivity index (χ2n) is 8.58. The number of aromatic nitrogens is 2. The normalized spacial score (nSPS) is 12.8. The SMILES string of the molecule is COC(=O)/C(=N\OC(C)(C)C(=O)OC(C)(C)C)c1nsc(NC(=O)OC(C)(C)C)n1. The van der Waals surface area contributed by atoms with Crippen molar-refractivity contribution in [2.24, 2.45) is 5.16 Å². The van der Waals surface area contributed by atoms with Crippen molar-refractivity contribution in [3.05, 3.63) is 5.82 Å². The first-order valence-electron chi connectivity index (χ1n) is 8.96. The highest BCUT2D eigenvalue weighted by Gasteiger charge is 2.36. The minimum atomic E-state index is -1.50. The number of esters is 2. The molecule has 168 valence electrons. The summed E-state index contributed by atoms with van der Waals surface area (Å²) in [6, 6.07) is 0. The number of ether oxygens (including phenoxy) is 3. The van der Waals surface area contributed by atoms with Crippen LogP contribution in [-0.4, -0.2) is 57.0 Å². The van der Waals surface area contributed by atoms with Gasteiger partial charge < -0.3 is 19.0 Å². The van der Waals surface area contributed by atoms with Gasteiger partial charge in [-0.25, -0.2) is 14.4 Å². The lowest BCUT2D eigenvalue weighted by Gasteiger charge is -2.26. The first-order valence-corrected chi connectivity index (χ1v) is 9.73. The van der Waals surface area contributed by atoms with Crippen LogP contribution in [0.3, 0.4) is 0 Å². The summed E-state index contributed by atoms with van der Waals surface area (Å²) in [4.78, 5) is 45.5. The van der Waals surface area contributed by atoms with Crippen LogP contribution in [0.4, 0.5) is 9.93 Å². The highest BCUT2D eigenvalue weighted by Crippen LogP contribution is 2.19. The van der Waals surface area contributed by atoms with Gasteiger partial charge >= 0.3 is 18.0 Å². The summed E-state index contributed by atoms with van der Waals surface area (Å²) in [6.45, 7) is 13.1. The van der Waals surface area contributed by atoms with E-state index in [9.17, 15) is 14.4 Å². The topological polar surface area (TPSA) is 138 Å². The number of anilines is 1. The number of carbonyl (C=O) groups is 3. The number of carbonyl (C=O) groups excluding carboxylic acids is 3. The third-order valence-corrected chi connectivity index (χ3v) is 3.51. The van der Waals surface area contributed by atoms with E-state index in [1.165, 1.54) is 13.8 Å². The zero-order chi connectivity index (χ0) is 23.3. The summed E-state index contributed by atoms with van der Waals surface area (Å²) in [5.41, 5.74) is -3.31. The van der Waals surface area contributed by atoms with Crippen molar-refractivity contribution >= 4 is 40.4 Å². The molecular weight excluding hydrogens is 416 g/mol. The molecule has 0 unspecified atom stereocenters. The van der Waals surface area contributed by atoms with Crippen molar-refractivity contribution in [1.82, 2.24) is 9.36 Å². The average Bonchev–Trinajstić information content (AvgIpc) is 2.99. The summed E-state index contributed by atoms with van der Waals surface area (Å²) in [5, 5.41) is 6.20. The molecule has 0 radical (unpaired) electrons. The zero-order valence-electron chi connectivity index (χ0n) is 18.6. The van der Waals surface area contributed by atoms with E-state index >= 15 is 0 Å². The van der Waals surface area contributed by atoms with Gasteiger partial charge in [-0.05, 0) is 55.4 Å². The Morgan fingerprint density at radius 3 is 2.03 bits per heavy atom. The monoisotopic (exact) mass is 444 g/mol. The Labute approximate surface area is 179 Å². The predicted octanol–water partition coefficient (Wildman–Crippen LogP) is 2.90. The lowest BCUT2D eigenvalue weighted by molar-refractivity contribution is -0.179. The highest BCUT2D eigenvalue weighted by atomic mass is 32.1. The smallest absolute Gasteiger partial charge is 0.414 e. The molecule has 1 heterocycles. The highest BCUT2D eigenvalue weighted by molar-refractivity contribution is 7.10. The summed E-state index contributed by atoms with van der Waals surface area (Å²) in [5.74, 6) is -1.73. The number of hydrogen-bond acceptors (Lipinski definition) is 11. The Bertz CT molecular complexity index is 819. The van der Waals surface area contributed by atoms with Crippen molar-refractivity contribution in [3.63, 3.8) is 0 Å². The molecule has 1 amide bonds. The first kappa shape index (κ1) is 25.3. The maximum absolute atomic E-state index is 12.3. The Balaban J connectivity index is 3.03. The van der Waals surface area contributed by atoms with E-state index in [0.29, 0.717) is 0 Å². The third-order valence-electron chi connectivity index (χ3n) is 2.88. The van der Waals surface area contributed by atoms with Crippen LogP contribution >= 0.6 is 11.5 Å². The third kappa shape index (κ3) is 8.31. The van der Waals surface area contributed by atoms with Gasteiger partial charge in [-0.3, -0.25) is 5.32 Å². The second-order valence-corrected chi connectivity index (χ2v) is 9.34. The molecule has 0 saturated carbocycles. The van der Waals surface area contributed by atoms with Crippen molar-refractivity contribution in [2.45, 2.75) is 72.2 Å². The molecule has 0 bridgehead atoms. The summed E-state index contributed by atoms with van der Waals surface area (Å²) in [7, 11) is 1.14. The van der Waals surface area contributed by atoms with Crippen LogP contribution < -0.4 is 5.32 Å². The number of nitrogens with one attached hydrogen (secondary N) is 1. The van der Waals surface area contributed by atoms with Gasteiger partial charge in [-0.1, -0.05) is 5.16 Å². The minimum Gasteiger partial charge on any atom is -0.464 e. The number of rotatable bonds is 6. The molecule has 1 aromatic rings. The molecule has 30 heavy (non-hydrogen) atoms. The molecule has 0 aliphatic rings. The van der Waals surface area contributed by atoms with Crippen molar-refractivity contribution in [3.8, 4) is 0 Å². The molecule has 0 aromatic carbocycles. The van der Waals surface area contributed by atoms with Crippen LogP contribution in [-0.2, 0) is 28.6 Å². The van der Waals surface area contributed by atoms with E-state index in [4.69, 9.17) is 14.3 Å². The standard InChI is InChI=1S/C18H28N4O7S/c1-16(2,3)27-13(24)18(7,8)29-21-10(12(23)26-9)11-19-14(30-22-11)20-15(25)28-17(4,5)6/h1-9H3,(H,19,20,22,25)/b21-10-. The molecule has 1 aromatic heterocycles. The number of hydrogen-bond donors (Lipinski definition) is 1. The summed E-state index contributed by atoms with van der Waals surface area (Å²) in [6.07, 6.45) is -0.732. The largest absolute Gasteiger partial charge is 0.464 e. The van der Waals surface area contributed by atoms with Gasteiger partial charge in [0.25, 0.3) is 0 Å². The Kier molecular flexibility index (Phi) is 7.89. The van der Waals surface area contributed by atoms with Gasteiger partial charge in [0.15, 0.2) is 0 Å². The molecule has 12 heteroatoms. The van der Waals surface area contributed by atoms with E-state index in [0.717, 1.165) is 18.6 Å². The number of methoxy groups -OCH3 is 1.